The lowest BCUT2D eigenvalue weighted by atomic mass is 9.73. The highest BCUT2D eigenvalue weighted by atomic mass is 16.5. The molecule has 1 fully saturated rings. The molecule has 0 bridgehead atoms. The fourth-order valence-corrected chi connectivity index (χ4v) is 3.38. The Morgan fingerprint density at radius 3 is 2.63 bits per heavy atom. The van der Waals surface area contributed by atoms with Crippen LogP contribution in [0.3, 0.4) is 0 Å². The van der Waals surface area contributed by atoms with Crippen molar-refractivity contribution in [2.75, 3.05) is 40.4 Å². The van der Waals surface area contributed by atoms with Gasteiger partial charge < -0.3 is 15.0 Å². The zero-order chi connectivity index (χ0) is 14.3. The summed E-state index contributed by atoms with van der Waals surface area (Å²) in [5.41, 5.74) is 0. The second-order valence-electron chi connectivity index (χ2n) is 6.50. The van der Waals surface area contributed by atoms with Gasteiger partial charge in [-0.05, 0) is 50.6 Å². The molecule has 3 nitrogen and oxygen atoms in total. The van der Waals surface area contributed by atoms with E-state index in [1.54, 1.807) is 7.11 Å². The smallest absolute Gasteiger partial charge is 0.0589 e. The van der Waals surface area contributed by atoms with Crippen LogP contribution in [0.1, 0.15) is 40.0 Å². The van der Waals surface area contributed by atoms with Gasteiger partial charge in [-0.1, -0.05) is 20.8 Å². The molecule has 0 radical (unpaired) electrons. The summed E-state index contributed by atoms with van der Waals surface area (Å²) in [5.74, 6) is 2.54. The first-order chi connectivity index (χ1) is 9.08. The van der Waals surface area contributed by atoms with Crippen molar-refractivity contribution in [3.05, 3.63) is 0 Å². The molecular formula is C16H34N2O. The minimum Gasteiger partial charge on any atom is -0.383 e. The fourth-order valence-electron chi connectivity index (χ4n) is 3.38. The first kappa shape index (κ1) is 16.9. The van der Waals surface area contributed by atoms with Crippen LogP contribution in [0.15, 0.2) is 0 Å². The molecule has 114 valence electrons. The van der Waals surface area contributed by atoms with E-state index in [9.17, 15) is 0 Å². The summed E-state index contributed by atoms with van der Waals surface area (Å²) in [6, 6.07) is 0.713. The molecule has 1 rings (SSSR count). The molecule has 0 aliphatic heterocycles. The molecule has 0 spiro atoms. The molecule has 0 aromatic rings. The number of likely N-dealkylation sites (N-methyl/N-ethyl adjacent to an activating group) is 1. The lowest BCUT2D eigenvalue weighted by Crippen LogP contribution is -2.46. The van der Waals surface area contributed by atoms with Crippen molar-refractivity contribution in [3.63, 3.8) is 0 Å². The Bertz CT molecular complexity index is 233. The third kappa shape index (κ3) is 5.80. The van der Waals surface area contributed by atoms with Gasteiger partial charge in [0.2, 0.25) is 0 Å². The SMILES string of the molecule is CCNC1CCC(C(C)C)CC1CN(C)CCOC. The van der Waals surface area contributed by atoms with Gasteiger partial charge in [0.05, 0.1) is 6.61 Å². The Hall–Kier alpha value is -0.120. The molecule has 3 atom stereocenters. The first-order valence-electron chi connectivity index (χ1n) is 7.99. The maximum absolute atomic E-state index is 5.18. The van der Waals surface area contributed by atoms with Crippen LogP contribution in [0.4, 0.5) is 0 Å². The summed E-state index contributed by atoms with van der Waals surface area (Å²) in [6.07, 6.45) is 4.12. The lowest BCUT2D eigenvalue weighted by molar-refractivity contribution is 0.111. The summed E-state index contributed by atoms with van der Waals surface area (Å²) in [4.78, 5) is 2.43. The van der Waals surface area contributed by atoms with Crippen molar-refractivity contribution >= 4 is 0 Å². The van der Waals surface area contributed by atoms with E-state index in [-0.39, 0.29) is 0 Å². The third-order valence-electron chi connectivity index (χ3n) is 4.66. The molecule has 3 unspecified atom stereocenters. The van der Waals surface area contributed by atoms with Crippen molar-refractivity contribution < 1.29 is 4.74 Å². The van der Waals surface area contributed by atoms with Gasteiger partial charge in [-0.15, -0.1) is 0 Å². The number of hydrogen-bond acceptors (Lipinski definition) is 3. The van der Waals surface area contributed by atoms with Gasteiger partial charge in [-0.2, -0.15) is 0 Å². The summed E-state index contributed by atoms with van der Waals surface area (Å²) < 4.78 is 5.18. The van der Waals surface area contributed by atoms with Crippen LogP contribution < -0.4 is 5.32 Å². The number of ether oxygens (including phenoxy) is 1. The summed E-state index contributed by atoms with van der Waals surface area (Å²) in [7, 11) is 4.01. The minimum absolute atomic E-state index is 0.713. The number of hydrogen-bond donors (Lipinski definition) is 1. The maximum atomic E-state index is 5.18. The van der Waals surface area contributed by atoms with Crippen molar-refractivity contribution in [1.82, 2.24) is 10.2 Å². The van der Waals surface area contributed by atoms with E-state index in [1.165, 1.54) is 25.8 Å². The third-order valence-corrected chi connectivity index (χ3v) is 4.66. The number of methoxy groups -OCH3 is 1. The Kier molecular flexibility index (Phi) is 7.96. The van der Waals surface area contributed by atoms with Crippen molar-refractivity contribution in [3.8, 4) is 0 Å². The molecule has 1 aliphatic rings. The van der Waals surface area contributed by atoms with Crippen molar-refractivity contribution in [1.29, 1.82) is 0 Å². The summed E-state index contributed by atoms with van der Waals surface area (Å²) in [5, 5.41) is 3.70. The fraction of sp³-hybridized carbons (Fsp3) is 1.00. The monoisotopic (exact) mass is 270 g/mol. The van der Waals surface area contributed by atoms with E-state index in [4.69, 9.17) is 4.74 Å². The average Bonchev–Trinajstić information content (AvgIpc) is 2.38. The Morgan fingerprint density at radius 2 is 2.05 bits per heavy atom. The largest absolute Gasteiger partial charge is 0.383 e. The highest BCUT2D eigenvalue weighted by Gasteiger charge is 2.31. The molecular weight excluding hydrogens is 236 g/mol. The maximum Gasteiger partial charge on any atom is 0.0589 e. The first-order valence-corrected chi connectivity index (χ1v) is 7.99. The molecule has 1 N–H and O–H groups in total. The van der Waals surface area contributed by atoms with E-state index < -0.39 is 0 Å². The second kappa shape index (κ2) is 8.93. The second-order valence-corrected chi connectivity index (χ2v) is 6.50. The predicted molar refractivity (Wildman–Crippen MR) is 82.5 cm³/mol. The van der Waals surface area contributed by atoms with E-state index in [1.807, 2.05) is 0 Å². The zero-order valence-electron chi connectivity index (χ0n) is 13.6. The van der Waals surface area contributed by atoms with Gasteiger partial charge >= 0.3 is 0 Å². The van der Waals surface area contributed by atoms with Gasteiger partial charge in [0.15, 0.2) is 0 Å². The van der Waals surface area contributed by atoms with Crippen LogP contribution >= 0.6 is 0 Å². The highest BCUT2D eigenvalue weighted by Crippen LogP contribution is 2.34. The minimum atomic E-state index is 0.713. The van der Waals surface area contributed by atoms with Crippen LogP contribution in [0.5, 0.6) is 0 Å². The molecule has 0 amide bonds. The summed E-state index contributed by atoms with van der Waals surface area (Å²) in [6.45, 7) is 11.1. The standard InChI is InChI=1S/C16H34N2O/c1-6-17-16-8-7-14(13(2)3)11-15(16)12-18(4)9-10-19-5/h13-17H,6-12H2,1-5H3. The van der Waals surface area contributed by atoms with Gasteiger partial charge in [-0.25, -0.2) is 0 Å². The number of rotatable bonds is 8. The zero-order valence-corrected chi connectivity index (χ0v) is 13.6. The van der Waals surface area contributed by atoms with Gasteiger partial charge in [0, 0.05) is 26.2 Å². The number of nitrogens with zero attached hydrogens (tertiary/aromatic N) is 1. The van der Waals surface area contributed by atoms with Crippen LogP contribution in [0.2, 0.25) is 0 Å². The quantitative estimate of drug-likeness (QED) is 0.734. The van der Waals surface area contributed by atoms with Gasteiger partial charge in [0.25, 0.3) is 0 Å². The molecule has 0 aromatic carbocycles. The highest BCUT2D eigenvalue weighted by molar-refractivity contribution is 4.87. The van der Waals surface area contributed by atoms with Gasteiger partial charge in [0.1, 0.15) is 0 Å². The molecule has 0 aromatic heterocycles. The molecule has 1 saturated carbocycles. The molecule has 1 aliphatic carbocycles. The molecule has 0 saturated heterocycles. The molecule has 19 heavy (non-hydrogen) atoms. The van der Waals surface area contributed by atoms with Crippen molar-refractivity contribution in [2.24, 2.45) is 17.8 Å². The average molecular weight is 270 g/mol. The summed E-state index contributed by atoms with van der Waals surface area (Å²) >= 11 is 0. The van der Waals surface area contributed by atoms with Gasteiger partial charge in [-0.3, -0.25) is 0 Å². The van der Waals surface area contributed by atoms with Crippen molar-refractivity contribution in [2.45, 2.75) is 46.1 Å². The van der Waals surface area contributed by atoms with Crippen LogP contribution in [0.25, 0.3) is 0 Å². The molecule has 3 heteroatoms. The Morgan fingerprint density at radius 1 is 1.32 bits per heavy atom. The predicted octanol–water partition coefficient (Wildman–Crippen LogP) is 2.62. The van der Waals surface area contributed by atoms with Crippen LogP contribution in [-0.2, 0) is 4.74 Å². The topological polar surface area (TPSA) is 24.5 Å². The van der Waals surface area contributed by atoms with E-state index >= 15 is 0 Å². The van der Waals surface area contributed by atoms with Crippen LogP contribution in [0, 0.1) is 17.8 Å². The van der Waals surface area contributed by atoms with E-state index in [2.05, 4.69) is 38.0 Å². The number of nitrogens with one attached hydrogen (secondary N) is 1. The lowest BCUT2D eigenvalue weighted by Gasteiger charge is -2.40. The van der Waals surface area contributed by atoms with E-state index in [0.717, 1.165) is 37.5 Å². The normalized spacial score (nSPS) is 28.3. The molecule has 0 heterocycles. The Labute approximate surface area is 120 Å². The Balaban J connectivity index is 2.50. The van der Waals surface area contributed by atoms with Crippen LogP contribution in [-0.4, -0.2) is 51.3 Å². The van der Waals surface area contributed by atoms with E-state index in [0.29, 0.717) is 6.04 Å².